The van der Waals surface area contributed by atoms with Gasteiger partial charge in [-0.15, -0.1) is 17.0 Å². The SMILES string of the molecule is Br.O=C1CCC(CNCc2ccc(CN(Cc3nc4ccccc4[nH]3)C3CCCc4cccnc43)cc2)N1. The number of nitrogens with zero attached hydrogens (tertiary/aromatic N) is 3. The number of amides is 1. The van der Waals surface area contributed by atoms with Crippen molar-refractivity contribution in [2.24, 2.45) is 0 Å². The highest BCUT2D eigenvalue weighted by atomic mass is 79.9. The molecule has 7 nitrogen and oxygen atoms in total. The van der Waals surface area contributed by atoms with E-state index in [1.807, 2.05) is 18.3 Å². The lowest BCUT2D eigenvalue weighted by Crippen LogP contribution is -2.35. The number of benzene rings is 2. The predicted molar refractivity (Wildman–Crippen MR) is 155 cm³/mol. The summed E-state index contributed by atoms with van der Waals surface area (Å²) in [5.41, 5.74) is 7.20. The summed E-state index contributed by atoms with van der Waals surface area (Å²) in [6.45, 7) is 3.19. The van der Waals surface area contributed by atoms with Crippen LogP contribution in [0.4, 0.5) is 0 Å². The first-order valence-corrected chi connectivity index (χ1v) is 13.4. The molecule has 2 aliphatic rings. The molecule has 2 aromatic heterocycles. The van der Waals surface area contributed by atoms with E-state index in [1.165, 1.54) is 28.8 Å². The molecule has 1 aliphatic heterocycles. The Labute approximate surface area is 234 Å². The van der Waals surface area contributed by atoms with E-state index in [9.17, 15) is 4.79 Å². The highest BCUT2D eigenvalue weighted by Gasteiger charge is 2.28. The summed E-state index contributed by atoms with van der Waals surface area (Å²) in [5.74, 6) is 1.16. The average molecular weight is 576 g/mol. The van der Waals surface area contributed by atoms with Crippen molar-refractivity contribution in [3.8, 4) is 0 Å². The van der Waals surface area contributed by atoms with Crippen LogP contribution in [0, 0.1) is 0 Å². The third-order valence-electron chi connectivity index (χ3n) is 7.61. The van der Waals surface area contributed by atoms with E-state index >= 15 is 0 Å². The molecule has 0 radical (unpaired) electrons. The van der Waals surface area contributed by atoms with E-state index in [0.29, 0.717) is 6.42 Å². The number of H-pyrrole nitrogens is 1. The van der Waals surface area contributed by atoms with E-state index < -0.39 is 0 Å². The van der Waals surface area contributed by atoms with Gasteiger partial charge in [-0.2, -0.15) is 0 Å². The smallest absolute Gasteiger partial charge is 0.220 e. The molecule has 8 heteroatoms. The molecule has 1 saturated heterocycles. The molecule has 38 heavy (non-hydrogen) atoms. The molecule has 3 N–H and O–H groups in total. The van der Waals surface area contributed by atoms with Gasteiger partial charge in [0.25, 0.3) is 0 Å². The minimum atomic E-state index is 0. The standard InChI is InChI=1S/C30H34N6O.BrH/c37-29-15-14-24(33-29)18-31-17-21-10-12-22(13-11-21)19-36(20-28-34-25-7-1-2-8-26(25)35-28)27-9-3-5-23-6-4-16-32-30(23)27;/h1-2,4,6-8,10-13,16,24,27,31H,3,5,9,14-15,17-20H2,(H,33,37)(H,34,35);1H. The third-order valence-corrected chi connectivity index (χ3v) is 7.61. The Hall–Kier alpha value is -3.07. The van der Waals surface area contributed by atoms with Crippen LogP contribution in [0.2, 0.25) is 0 Å². The molecule has 4 aromatic rings. The molecule has 198 valence electrons. The van der Waals surface area contributed by atoms with Gasteiger partial charge in [0.05, 0.1) is 29.3 Å². The molecule has 0 spiro atoms. The summed E-state index contributed by atoms with van der Waals surface area (Å²) in [7, 11) is 0. The van der Waals surface area contributed by atoms with Crippen molar-refractivity contribution < 1.29 is 4.79 Å². The van der Waals surface area contributed by atoms with Gasteiger partial charge in [-0.05, 0) is 60.6 Å². The van der Waals surface area contributed by atoms with Gasteiger partial charge in [-0.3, -0.25) is 14.7 Å². The summed E-state index contributed by atoms with van der Waals surface area (Å²) >= 11 is 0. The minimum Gasteiger partial charge on any atom is -0.352 e. The number of rotatable bonds is 9. The Morgan fingerprint density at radius 1 is 0.947 bits per heavy atom. The fraction of sp³-hybridized carbons (Fsp3) is 0.367. The second-order valence-corrected chi connectivity index (χ2v) is 10.3. The van der Waals surface area contributed by atoms with Gasteiger partial charge in [0, 0.05) is 38.3 Å². The molecule has 1 aliphatic carbocycles. The Kier molecular flexibility index (Phi) is 8.51. The third kappa shape index (κ3) is 6.14. The van der Waals surface area contributed by atoms with Crippen LogP contribution in [0.15, 0.2) is 66.9 Å². The van der Waals surface area contributed by atoms with Gasteiger partial charge >= 0.3 is 0 Å². The molecule has 0 bridgehead atoms. The molecular formula is C30H35BrN6O. The van der Waals surface area contributed by atoms with Crippen molar-refractivity contribution in [2.75, 3.05) is 6.54 Å². The summed E-state index contributed by atoms with van der Waals surface area (Å²) in [6, 6.07) is 21.9. The molecular weight excluding hydrogens is 540 g/mol. The van der Waals surface area contributed by atoms with E-state index in [2.05, 4.69) is 69.0 Å². The van der Waals surface area contributed by atoms with Crippen molar-refractivity contribution in [1.82, 2.24) is 30.5 Å². The van der Waals surface area contributed by atoms with Crippen LogP contribution in [-0.4, -0.2) is 38.3 Å². The molecule has 2 unspecified atom stereocenters. The van der Waals surface area contributed by atoms with Gasteiger partial charge in [0.1, 0.15) is 5.82 Å². The number of fused-ring (bicyclic) bond motifs is 2. The van der Waals surface area contributed by atoms with Crippen LogP contribution in [-0.2, 0) is 30.8 Å². The molecule has 1 amide bonds. The topological polar surface area (TPSA) is 85.9 Å². The van der Waals surface area contributed by atoms with E-state index in [1.54, 1.807) is 0 Å². The van der Waals surface area contributed by atoms with Crippen LogP contribution >= 0.6 is 17.0 Å². The number of carbonyl (C=O) groups is 1. The number of para-hydroxylation sites is 2. The summed E-state index contributed by atoms with van der Waals surface area (Å²) < 4.78 is 0. The molecule has 2 aromatic carbocycles. The van der Waals surface area contributed by atoms with E-state index in [-0.39, 0.29) is 35.0 Å². The number of hydrogen-bond donors (Lipinski definition) is 3. The lowest BCUT2D eigenvalue weighted by molar-refractivity contribution is -0.119. The zero-order valence-electron chi connectivity index (χ0n) is 21.5. The maximum atomic E-state index is 11.4. The van der Waals surface area contributed by atoms with E-state index in [4.69, 9.17) is 9.97 Å². The van der Waals surface area contributed by atoms with Gasteiger partial charge in [-0.25, -0.2) is 4.98 Å². The maximum Gasteiger partial charge on any atom is 0.220 e. The van der Waals surface area contributed by atoms with Crippen molar-refractivity contribution in [2.45, 2.75) is 63.8 Å². The number of aromatic amines is 1. The lowest BCUT2D eigenvalue weighted by Gasteiger charge is -2.34. The monoisotopic (exact) mass is 574 g/mol. The highest BCUT2D eigenvalue weighted by Crippen LogP contribution is 2.34. The second-order valence-electron chi connectivity index (χ2n) is 10.3. The first-order valence-electron chi connectivity index (χ1n) is 13.4. The Morgan fingerprint density at radius 3 is 2.61 bits per heavy atom. The van der Waals surface area contributed by atoms with Gasteiger partial charge < -0.3 is 15.6 Å². The Bertz CT molecular complexity index is 1340. The summed E-state index contributed by atoms with van der Waals surface area (Å²) in [5, 5.41) is 6.50. The van der Waals surface area contributed by atoms with Crippen LogP contribution < -0.4 is 10.6 Å². The van der Waals surface area contributed by atoms with Crippen molar-refractivity contribution in [3.63, 3.8) is 0 Å². The van der Waals surface area contributed by atoms with Gasteiger partial charge in [0.15, 0.2) is 0 Å². The quantitative estimate of drug-likeness (QED) is 0.262. The van der Waals surface area contributed by atoms with Gasteiger partial charge in [0.2, 0.25) is 5.91 Å². The largest absolute Gasteiger partial charge is 0.352 e. The number of pyridine rings is 1. The molecule has 0 saturated carbocycles. The predicted octanol–water partition coefficient (Wildman–Crippen LogP) is 4.98. The summed E-state index contributed by atoms with van der Waals surface area (Å²) in [4.78, 5) is 27.2. The van der Waals surface area contributed by atoms with Crippen LogP contribution in [0.3, 0.4) is 0 Å². The van der Waals surface area contributed by atoms with Crippen LogP contribution in [0.1, 0.15) is 59.9 Å². The number of hydrogen-bond acceptors (Lipinski definition) is 5. The first kappa shape index (κ1) is 26.5. The number of imidazole rings is 1. The average Bonchev–Trinajstić information content (AvgIpc) is 3.54. The number of aromatic nitrogens is 3. The maximum absolute atomic E-state index is 11.4. The fourth-order valence-electron chi connectivity index (χ4n) is 5.71. The second kappa shape index (κ2) is 12.2. The lowest BCUT2D eigenvalue weighted by atomic mass is 9.90. The molecule has 3 heterocycles. The van der Waals surface area contributed by atoms with Crippen molar-refractivity contribution in [1.29, 1.82) is 0 Å². The molecule has 6 rings (SSSR count). The van der Waals surface area contributed by atoms with Gasteiger partial charge in [-0.1, -0.05) is 42.5 Å². The Morgan fingerprint density at radius 2 is 1.79 bits per heavy atom. The minimum absolute atomic E-state index is 0. The normalized spacial score (nSPS) is 18.8. The summed E-state index contributed by atoms with van der Waals surface area (Å²) in [6.07, 6.45) is 6.87. The zero-order chi connectivity index (χ0) is 25.0. The van der Waals surface area contributed by atoms with Crippen LogP contribution in [0.5, 0.6) is 0 Å². The van der Waals surface area contributed by atoms with Crippen molar-refractivity contribution >= 4 is 33.9 Å². The highest BCUT2D eigenvalue weighted by molar-refractivity contribution is 8.93. The molecule has 2 atom stereocenters. The van der Waals surface area contributed by atoms with E-state index in [0.717, 1.165) is 62.3 Å². The number of nitrogens with one attached hydrogen (secondary N) is 3. The number of aryl methyl sites for hydroxylation is 1. The zero-order valence-corrected chi connectivity index (χ0v) is 23.2. The van der Waals surface area contributed by atoms with Crippen molar-refractivity contribution in [3.05, 3.63) is 95.1 Å². The first-order chi connectivity index (χ1) is 18.2. The molecule has 1 fully saturated rings. The number of carbonyl (C=O) groups excluding carboxylic acids is 1. The Balaban J connectivity index is 0.00000294. The van der Waals surface area contributed by atoms with Crippen LogP contribution in [0.25, 0.3) is 11.0 Å². The fourth-order valence-corrected chi connectivity index (χ4v) is 5.71. The number of halogens is 1.